The van der Waals surface area contributed by atoms with Gasteiger partial charge in [-0.25, -0.2) is 13.1 Å². The number of benzene rings is 1. The van der Waals surface area contributed by atoms with Crippen molar-refractivity contribution < 1.29 is 27.5 Å². The molecule has 156 valence electrons. The molecule has 1 rings (SSSR count). The molecule has 9 nitrogen and oxygen atoms in total. The largest absolute Gasteiger partial charge is 0.385 e. The van der Waals surface area contributed by atoms with Crippen LogP contribution in [0.3, 0.4) is 0 Å². The molecular formula is C18H27N3O6S. The van der Waals surface area contributed by atoms with Crippen LogP contribution in [0.4, 0.5) is 0 Å². The molecule has 0 saturated heterocycles. The number of nitrogens with zero attached hydrogens (tertiary/aromatic N) is 1. The number of rotatable bonds is 12. The van der Waals surface area contributed by atoms with Crippen molar-refractivity contribution in [2.45, 2.75) is 24.7 Å². The average Bonchev–Trinajstić information content (AvgIpc) is 2.65. The smallest absolute Gasteiger partial charge is 0.240 e. The van der Waals surface area contributed by atoms with Crippen molar-refractivity contribution in [1.29, 1.82) is 0 Å². The van der Waals surface area contributed by atoms with Crippen molar-refractivity contribution in [3.8, 4) is 0 Å². The third-order valence-corrected chi connectivity index (χ3v) is 5.33. The molecule has 0 aliphatic heterocycles. The van der Waals surface area contributed by atoms with Crippen LogP contribution in [0.1, 0.15) is 30.1 Å². The van der Waals surface area contributed by atoms with Crippen LogP contribution in [0.5, 0.6) is 0 Å². The molecule has 0 aromatic heterocycles. The second-order valence-corrected chi connectivity index (χ2v) is 7.94. The van der Waals surface area contributed by atoms with Gasteiger partial charge < -0.3 is 15.0 Å². The van der Waals surface area contributed by atoms with Gasteiger partial charge in [-0.1, -0.05) is 12.1 Å². The van der Waals surface area contributed by atoms with Gasteiger partial charge in [0.1, 0.15) is 0 Å². The van der Waals surface area contributed by atoms with Gasteiger partial charge in [0.15, 0.2) is 5.78 Å². The molecule has 0 aliphatic carbocycles. The van der Waals surface area contributed by atoms with Crippen LogP contribution in [0.15, 0.2) is 29.2 Å². The molecule has 2 N–H and O–H groups in total. The van der Waals surface area contributed by atoms with Crippen LogP contribution in [-0.4, -0.2) is 71.3 Å². The lowest BCUT2D eigenvalue weighted by atomic mass is 10.2. The maximum atomic E-state index is 12.2. The number of methoxy groups -OCH3 is 1. The predicted octanol–water partition coefficient (Wildman–Crippen LogP) is 0.169. The Morgan fingerprint density at radius 2 is 1.75 bits per heavy atom. The quantitative estimate of drug-likeness (QED) is 0.372. The van der Waals surface area contributed by atoms with Crippen molar-refractivity contribution in [3.63, 3.8) is 0 Å². The Hall–Kier alpha value is -2.30. The summed E-state index contributed by atoms with van der Waals surface area (Å²) in [5, 5.41) is 2.67. The van der Waals surface area contributed by atoms with Gasteiger partial charge in [-0.05, 0) is 25.5 Å². The second kappa shape index (κ2) is 11.5. The number of likely N-dealkylation sites (N-methyl/N-ethyl adjacent to an activating group) is 1. The van der Waals surface area contributed by atoms with Crippen LogP contribution >= 0.6 is 0 Å². The number of ether oxygens (including phenoxy) is 1. The molecule has 0 unspecified atom stereocenters. The number of amides is 2. The summed E-state index contributed by atoms with van der Waals surface area (Å²) in [6, 6.07) is 5.53. The molecule has 0 saturated carbocycles. The van der Waals surface area contributed by atoms with Gasteiger partial charge in [-0.3, -0.25) is 14.4 Å². The summed E-state index contributed by atoms with van der Waals surface area (Å²) in [6.45, 7) is 2.17. The minimum absolute atomic E-state index is 0.00809. The zero-order valence-electron chi connectivity index (χ0n) is 16.4. The standard InChI is InChI=1S/C18H27N3O6S/c1-14(22)15-5-7-16(8-6-15)28(25,26)20-11-9-18(24)21(2)13-17(23)19-10-4-12-27-3/h5-8,20H,4,9-13H2,1-3H3,(H,19,23). The van der Waals surface area contributed by atoms with Gasteiger partial charge in [0.25, 0.3) is 0 Å². The van der Waals surface area contributed by atoms with Crippen molar-refractivity contribution in [2.75, 3.05) is 40.4 Å². The van der Waals surface area contributed by atoms with Crippen LogP contribution in [-0.2, 0) is 24.3 Å². The third kappa shape index (κ3) is 8.15. The first-order valence-electron chi connectivity index (χ1n) is 8.77. The fourth-order valence-electron chi connectivity index (χ4n) is 2.24. The first kappa shape index (κ1) is 23.7. The molecule has 2 amide bonds. The Bertz CT molecular complexity index is 777. The maximum absolute atomic E-state index is 12.2. The van der Waals surface area contributed by atoms with Crippen LogP contribution < -0.4 is 10.0 Å². The summed E-state index contributed by atoms with van der Waals surface area (Å²) >= 11 is 0. The van der Waals surface area contributed by atoms with Gasteiger partial charge >= 0.3 is 0 Å². The highest BCUT2D eigenvalue weighted by molar-refractivity contribution is 7.89. The van der Waals surface area contributed by atoms with Gasteiger partial charge in [-0.2, -0.15) is 0 Å². The van der Waals surface area contributed by atoms with E-state index in [-0.39, 0.29) is 42.0 Å². The van der Waals surface area contributed by atoms with Crippen molar-refractivity contribution in [2.24, 2.45) is 0 Å². The lowest BCUT2D eigenvalue weighted by Crippen LogP contribution is -2.40. The Morgan fingerprint density at radius 1 is 1.11 bits per heavy atom. The molecule has 0 radical (unpaired) electrons. The first-order chi connectivity index (χ1) is 13.2. The molecular weight excluding hydrogens is 386 g/mol. The topological polar surface area (TPSA) is 122 Å². The molecule has 0 bridgehead atoms. The van der Waals surface area contributed by atoms with Crippen molar-refractivity contribution in [3.05, 3.63) is 29.8 Å². The molecule has 28 heavy (non-hydrogen) atoms. The number of ketones is 1. The average molecular weight is 413 g/mol. The predicted molar refractivity (Wildman–Crippen MR) is 103 cm³/mol. The molecule has 1 aromatic rings. The van der Waals surface area contributed by atoms with Crippen LogP contribution in [0.25, 0.3) is 0 Å². The third-order valence-electron chi connectivity index (χ3n) is 3.86. The number of carbonyl (C=O) groups excluding carboxylic acids is 3. The van der Waals surface area contributed by atoms with Gasteiger partial charge in [-0.15, -0.1) is 0 Å². The fraction of sp³-hybridized carbons (Fsp3) is 0.500. The molecule has 1 aromatic carbocycles. The van der Waals surface area contributed by atoms with Crippen molar-refractivity contribution >= 4 is 27.6 Å². The highest BCUT2D eigenvalue weighted by Gasteiger charge is 2.17. The number of hydrogen-bond donors (Lipinski definition) is 2. The van der Waals surface area contributed by atoms with Crippen LogP contribution in [0, 0.1) is 0 Å². The van der Waals surface area contributed by atoms with Gasteiger partial charge in [0, 0.05) is 45.8 Å². The summed E-state index contributed by atoms with van der Waals surface area (Å²) < 4.78 is 31.7. The van der Waals surface area contributed by atoms with E-state index in [0.29, 0.717) is 25.1 Å². The molecule has 0 heterocycles. The van der Waals surface area contributed by atoms with E-state index in [9.17, 15) is 22.8 Å². The van der Waals surface area contributed by atoms with E-state index < -0.39 is 10.0 Å². The van der Waals surface area contributed by atoms with E-state index in [0.717, 1.165) is 0 Å². The normalized spacial score (nSPS) is 11.1. The highest BCUT2D eigenvalue weighted by Crippen LogP contribution is 2.11. The fourth-order valence-corrected chi connectivity index (χ4v) is 3.27. The minimum Gasteiger partial charge on any atom is -0.385 e. The second-order valence-electron chi connectivity index (χ2n) is 6.17. The van der Waals surface area contributed by atoms with E-state index in [4.69, 9.17) is 4.74 Å². The zero-order chi connectivity index (χ0) is 21.2. The Kier molecular flexibility index (Phi) is 9.77. The van der Waals surface area contributed by atoms with E-state index in [1.165, 1.54) is 43.1 Å². The number of sulfonamides is 1. The van der Waals surface area contributed by atoms with E-state index in [2.05, 4.69) is 10.0 Å². The summed E-state index contributed by atoms with van der Waals surface area (Å²) in [5.74, 6) is -0.812. The Balaban J connectivity index is 2.43. The van der Waals surface area contributed by atoms with E-state index >= 15 is 0 Å². The zero-order valence-corrected chi connectivity index (χ0v) is 17.2. The first-order valence-corrected chi connectivity index (χ1v) is 10.3. The van der Waals surface area contributed by atoms with Crippen molar-refractivity contribution in [1.82, 2.24) is 14.9 Å². The molecule has 0 aliphatic rings. The Labute approximate surface area is 165 Å². The number of carbonyl (C=O) groups is 3. The minimum atomic E-state index is -3.79. The van der Waals surface area contributed by atoms with Gasteiger partial charge in [0.2, 0.25) is 21.8 Å². The Morgan fingerprint density at radius 3 is 2.32 bits per heavy atom. The lowest BCUT2D eigenvalue weighted by Gasteiger charge is -2.17. The maximum Gasteiger partial charge on any atom is 0.240 e. The monoisotopic (exact) mass is 413 g/mol. The van der Waals surface area contributed by atoms with Crippen LogP contribution in [0.2, 0.25) is 0 Å². The molecule has 0 atom stereocenters. The summed E-state index contributed by atoms with van der Waals surface area (Å²) in [4.78, 5) is 36.3. The molecule has 10 heteroatoms. The number of hydrogen-bond acceptors (Lipinski definition) is 6. The van der Waals surface area contributed by atoms with Gasteiger partial charge in [0.05, 0.1) is 11.4 Å². The molecule has 0 fully saturated rings. The summed E-state index contributed by atoms with van der Waals surface area (Å²) in [7, 11) is -0.737. The molecule has 0 spiro atoms. The number of nitrogens with one attached hydrogen (secondary N) is 2. The summed E-state index contributed by atoms with van der Waals surface area (Å²) in [5.41, 5.74) is 0.413. The summed E-state index contributed by atoms with van der Waals surface area (Å²) in [6.07, 6.45) is 0.591. The highest BCUT2D eigenvalue weighted by atomic mass is 32.2. The van der Waals surface area contributed by atoms with E-state index in [1.54, 1.807) is 7.11 Å². The SMILES string of the molecule is COCCCNC(=O)CN(C)C(=O)CCNS(=O)(=O)c1ccc(C(C)=O)cc1. The lowest BCUT2D eigenvalue weighted by molar-refractivity contribution is -0.134. The number of Topliss-reactive ketones (excluding diaryl/α,β-unsaturated/α-hetero) is 1. The van der Waals surface area contributed by atoms with E-state index in [1.807, 2.05) is 0 Å².